The molecule has 0 saturated carbocycles. The molecule has 0 bridgehead atoms. The minimum absolute atomic E-state index is 0.0400. The fourth-order valence-electron chi connectivity index (χ4n) is 3.02. The molecular formula is C17H16FN5S. The highest BCUT2D eigenvalue weighted by Gasteiger charge is 2.21. The van der Waals surface area contributed by atoms with Gasteiger partial charge in [0.25, 0.3) is 0 Å². The van der Waals surface area contributed by atoms with Crippen LogP contribution in [-0.2, 0) is 6.54 Å². The van der Waals surface area contributed by atoms with Gasteiger partial charge in [0, 0.05) is 30.5 Å². The average Bonchev–Trinajstić information content (AvgIpc) is 3.31. The first-order valence-corrected chi connectivity index (χ1v) is 8.65. The second-order valence-electron chi connectivity index (χ2n) is 5.52. The molecular weight excluding hydrogens is 325 g/mol. The second-order valence-corrected chi connectivity index (χ2v) is 6.41. The molecule has 0 N–H and O–H groups in total. The largest absolute Gasteiger partial charge is 0.326 e. The molecule has 0 aliphatic carbocycles. The van der Waals surface area contributed by atoms with Crippen molar-refractivity contribution in [1.82, 2.24) is 24.1 Å². The van der Waals surface area contributed by atoms with Gasteiger partial charge in [0.05, 0.1) is 17.1 Å². The van der Waals surface area contributed by atoms with Gasteiger partial charge in [-0.1, -0.05) is 0 Å². The van der Waals surface area contributed by atoms with Gasteiger partial charge in [-0.05, 0) is 32.0 Å². The molecule has 4 aromatic rings. The molecule has 0 saturated heterocycles. The zero-order valence-corrected chi connectivity index (χ0v) is 14.2. The van der Waals surface area contributed by atoms with E-state index in [9.17, 15) is 4.39 Å². The Morgan fingerprint density at radius 3 is 2.88 bits per heavy atom. The number of nitrogens with zero attached hydrogens (tertiary/aromatic N) is 5. The number of hydrogen-bond acceptors (Lipinski definition) is 4. The van der Waals surface area contributed by atoms with E-state index in [4.69, 9.17) is 4.98 Å². The summed E-state index contributed by atoms with van der Waals surface area (Å²) in [5.74, 6) is 1.45. The van der Waals surface area contributed by atoms with Crippen LogP contribution in [0, 0.1) is 5.82 Å². The summed E-state index contributed by atoms with van der Waals surface area (Å²) in [6, 6.07) is 4.67. The summed E-state index contributed by atoms with van der Waals surface area (Å²) >= 11 is 1.55. The predicted molar refractivity (Wildman–Crippen MR) is 92.5 cm³/mol. The number of thiazole rings is 1. The van der Waals surface area contributed by atoms with Crippen LogP contribution >= 0.6 is 11.3 Å². The van der Waals surface area contributed by atoms with Gasteiger partial charge in [0.2, 0.25) is 0 Å². The molecule has 0 aliphatic rings. The minimum atomic E-state index is -0.248. The van der Waals surface area contributed by atoms with Crippen LogP contribution in [0.3, 0.4) is 0 Å². The van der Waals surface area contributed by atoms with Crippen LogP contribution in [0.25, 0.3) is 21.9 Å². The summed E-state index contributed by atoms with van der Waals surface area (Å²) < 4.78 is 17.7. The zero-order chi connectivity index (χ0) is 16.7. The molecule has 24 heavy (non-hydrogen) atoms. The molecule has 7 heteroatoms. The van der Waals surface area contributed by atoms with Crippen molar-refractivity contribution in [2.45, 2.75) is 26.4 Å². The highest BCUT2D eigenvalue weighted by Crippen LogP contribution is 2.28. The van der Waals surface area contributed by atoms with Crippen LogP contribution in [0.5, 0.6) is 0 Å². The quantitative estimate of drug-likeness (QED) is 0.561. The van der Waals surface area contributed by atoms with E-state index >= 15 is 0 Å². The highest BCUT2D eigenvalue weighted by atomic mass is 32.1. The summed E-state index contributed by atoms with van der Waals surface area (Å²) in [5.41, 5.74) is 1.62. The van der Waals surface area contributed by atoms with Crippen LogP contribution in [0.1, 0.15) is 25.7 Å². The molecule has 1 aromatic carbocycles. The first-order chi connectivity index (χ1) is 11.7. The predicted octanol–water partition coefficient (Wildman–Crippen LogP) is 4.12. The summed E-state index contributed by atoms with van der Waals surface area (Å²) in [6.07, 6.45) is 5.47. The van der Waals surface area contributed by atoms with Gasteiger partial charge >= 0.3 is 0 Å². The Balaban J connectivity index is 1.85. The maximum atomic E-state index is 13.6. The normalized spacial score (nSPS) is 12.8. The fraction of sp³-hybridized carbons (Fsp3) is 0.235. The van der Waals surface area contributed by atoms with Crippen LogP contribution in [0.2, 0.25) is 0 Å². The van der Waals surface area contributed by atoms with Gasteiger partial charge in [0.15, 0.2) is 10.8 Å². The van der Waals surface area contributed by atoms with Crippen molar-refractivity contribution in [3.63, 3.8) is 0 Å². The summed E-state index contributed by atoms with van der Waals surface area (Å²) in [7, 11) is 0. The zero-order valence-electron chi connectivity index (χ0n) is 13.3. The van der Waals surface area contributed by atoms with Gasteiger partial charge in [-0.25, -0.2) is 19.3 Å². The molecule has 0 radical (unpaired) electrons. The van der Waals surface area contributed by atoms with Gasteiger partial charge in [0.1, 0.15) is 11.6 Å². The van der Waals surface area contributed by atoms with Gasteiger partial charge in [-0.3, -0.25) is 0 Å². The van der Waals surface area contributed by atoms with E-state index in [1.54, 1.807) is 29.8 Å². The van der Waals surface area contributed by atoms with Crippen molar-refractivity contribution < 1.29 is 4.39 Å². The van der Waals surface area contributed by atoms with Crippen molar-refractivity contribution in [2.24, 2.45) is 0 Å². The number of benzene rings is 1. The minimum Gasteiger partial charge on any atom is -0.326 e. The van der Waals surface area contributed by atoms with E-state index in [2.05, 4.69) is 26.0 Å². The average molecular weight is 341 g/mol. The monoisotopic (exact) mass is 341 g/mol. The topological polar surface area (TPSA) is 48.5 Å². The molecule has 0 spiro atoms. The van der Waals surface area contributed by atoms with Gasteiger partial charge in [-0.15, -0.1) is 11.3 Å². The van der Waals surface area contributed by atoms with E-state index in [0.29, 0.717) is 0 Å². The Morgan fingerprint density at radius 1 is 1.25 bits per heavy atom. The molecule has 4 rings (SSSR count). The van der Waals surface area contributed by atoms with Crippen molar-refractivity contribution >= 4 is 22.4 Å². The van der Waals surface area contributed by atoms with E-state index < -0.39 is 0 Å². The maximum absolute atomic E-state index is 13.6. The fourth-order valence-corrected chi connectivity index (χ4v) is 3.65. The van der Waals surface area contributed by atoms with Crippen LogP contribution in [0.15, 0.2) is 42.2 Å². The lowest BCUT2D eigenvalue weighted by molar-refractivity contribution is 0.565. The lowest BCUT2D eigenvalue weighted by atomic mass is 10.3. The number of aryl methyl sites for hydroxylation is 1. The highest BCUT2D eigenvalue weighted by molar-refractivity contribution is 7.13. The van der Waals surface area contributed by atoms with Crippen molar-refractivity contribution in [3.8, 4) is 10.8 Å². The Bertz CT molecular complexity index is 986. The molecule has 3 heterocycles. The van der Waals surface area contributed by atoms with Crippen LogP contribution in [-0.4, -0.2) is 24.1 Å². The smallest absolute Gasteiger partial charge is 0.169 e. The molecule has 1 atom stereocenters. The first-order valence-electron chi connectivity index (χ1n) is 7.77. The van der Waals surface area contributed by atoms with Crippen molar-refractivity contribution in [1.29, 1.82) is 0 Å². The first kappa shape index (κ1) is 15.0. The number of rotatable bonds is 4. The number of hydrogen-bond donors (Lipinski definition) is 0. The number of imidazole rings is 2. The lowest BCUT2D eigenvalue weighted by Crippen LogP contribution is -2.13. The Hall–Kier alpha value is -2.54. The standard InChI is InChI=1S/C17H16FN5S/c1-3-22-14-10-12(18)4-5-13(14)21-15(22)11(2)23-8-6-19-16(23)17-20-7-9-24-17/h4-11H,3H2,1-2H3. The Kier molecular flexibility index (Phi) is 3.65. The van der Waals surface area contributed by atoms with Crippen LogP contribution < -0.4 is 0 Å². The Morgan fingerprint density at radius 2 is 2.12 bits per heavy atom. The summed E-state index contributed by atoms with van der Waals surface area (Å²) in [5, 5.41) is 2.81. The third kappa shape index (κ3) is 2.32. The SMILES string of the molecule is CCn1c(C(C)n2ccnc2-c2nccs2)nc2ccc(F)cc21. The number of fused-ring (bicyclic) bond motifs is 1. The molecule has 0 aliphatic heterocycles. The molecule has 0 fully saturated rings. The third-order valence-corrected chi connectivity index (χ3v) is 4.91. The van der Waals surface area contributed by atoms with E-state index in [0.717, 1.165) is 34.2 Å². The van der Waals surface area contributed by atoms with Crippen molar-refractivity contribution in [2.75, 3.05) is 0 Å². The molecule has 122 valence electrons. The molecule has 1 unspecified atom stereocenters. The summed E-state index contributed by atoms with van der Waals surface area (Å²) in [4.78, 5) is 13.5. The summed E-state index contributed by atoms with van der Waals surface area (Å²) in [6.45, 7) is 4.83. The molecule has 3 aromatic heterocycles. The molecule has 5 nitrogen and oxygen atoms in total. The maximum Gasteiger partial charge on any atom is 0.169 e. The Labute approximate surface area is 142 Å². The number of halogens is 1. The van der Waals surface area contributed by atoms with Crippen LogP contribution in [0.4, 0.5) is 4.39 Å². The third-order valence-electron chi connectivity index (χ3n) is 4.14. The number of aromatic nitrogens is 5. The van der Waals surface area contributed by atoms with Gasteiger partial charge < -0.3 is 9.13 Å². The second kappa shape index (κ2) is 5.83. The van der Waals surface area contributed by atoms with Gasteiger partial charge in [-0.2, -0.15) is 0 Å². The van der Waals surface area contributed by atoms with E-state index in [-0.39, 0.29) is 11.9 Å². The van der Waals surface area contributed by atoms with E-state index in [1.807, 2.05) is 18.5 Å². The lowest BCUT2D eigenvalue weighted by Gasteiger charge is -2.16. The molecule has 0 amide bonds. The van der Waals surface area contributed by atoms with E-state index in [1.165, 1.54) is 12.1 Å². The van der Waals surface area contributed by atoms with Crippen molar-refractivity contribution in [3.05, 3.63) is 53.8 Å².